The van der Waals surface area contributed by atoms with Gasteiger partial charge in [0.25, 0.3) is 7.59 Å². The first-order chi connectivity index (χ1) is 8.18. The van der Waals surface area contributed by atoms with Gasteiger partial charge in [-0.1, -0.05) is 40.0 Å². The van der Waals surface area contributed by atoms with Crippen molar-refractivity contribution in [2.45, 2.75) is 59.3 Å². The minimum absolute atomic E-state index is 0.812. The third-order valence-corrected chi connectivity index (χ3v) is 4.60. The van der Waals surface area contributed by atoms with Crippen molar-refractivity contribution in [1.82, 2.24) is 15.3 Å². The van der Waals surface area contributed by atoms with Crippen molar-refractivity contribution in [2.24, 2.45) is 0 Å². The van der Waals surface area contributed by atoms with Gasteiger partial charge in [0.2, 0.25) is 0 Å². The third kappa shape index (κ3) is 9.78. The predicted molar refractivity (Wildman–Crippen MR) is 76.3 cm³/mol. The van der Waals surface area contributed by atoms with Gasteiger partial charge in [-0.15, -0.1) is 0 Å². The van der Waals surface area contributed by atoms with E-state index in [1.165, 1.54) is 0 Å². The number of hydrogen-bond donors (Lipinski definition) is 3. The number of hydrogen-bond acceptors (Lipinski definition) is 1. The fourth-order valence-corrected chi connectivity index (χ4v) is 3.16. The molecule has 17 heavy (non-hydrogen) atoms. The first-order valence-corrected chi connectivity index (χ1v) is 8.74. The summed E-state index contributed by atoms with van der Waals surface area (Å²) in [6, 6.07) is 0. The molecule has 5 heteroatoms. The molecule has 0 aromatic rings. The Morgan fingerprint density at radius 1 is 0.706 bits per heavy atom. The molecule has 0 aromatic carbocycles. The molecule has 0 heterocycles. The Kier molecular flexibility index (Phi) is 11.3. The molecule has 0 bridgehead atoms. The van der Waals surface area contributed by atoms with E-state index in [9.17, 15) is 4.57 Å². The lowest BCUT2D eigenvalue weighted by Gasteiger charge is -2.21. The summed E-state index contributed by atoms with van der Waals surface area (Å²) in [5.74, 6) is 0. The van der Waals surface area contributed by atoms with Crippen LogP contribution >= 0.6 is 7.59 Å². The van der Waals surface area contributed by atoms with Crippen molar-refractivity contribution in [3.05, 3.63) is 0 Å². The van der Waals surface area contributed by atoms with E-state index < -0.39 is 7.59 Å². The highest BCUT2D eigenvalue weighted by atomic mass is 31.2. The smallest absolute Gasteiger partial charge is 0.271 e. The zero-order chi connectivity index (χ0) is 13.0. The molecule has 0 fully saturated rings. The summed E-state index contributed by atoms with van der Waals surface area (Å²) >= 11 is 0. The van der Waals surface area contributed by atoms with Crippen molar-refractivity contribution in [2.75, 3.05) is 19.6 Å². The lowest BCUT2D eigenvalue weighted by Crippen LogP contribution is -2.33. The highest BCUT2D eigenvalue weighted by Gasteiger charge is 2.18. The third-order valence-electron chi connectivity index (χ3n) is 2.59. The van der Waals surface area contributed by atoms with Gasteiger partial charge in [-0.05, 0) is 19.3 Å². The van der Waals surface area contributed by atoms with Gasteiger partial charge in [0.15, 0.2) is 0 Å². The van der Waals surface area contributed by atoms with Crippen molar-refractivity contribution in [1.29, 1.82) is 0 Å². The zero-order valence-corrected chi connectivity index (χ0v) is 12.6. The molecule has 0 saturated carbocycles. The van der Waals surface area contributed by atoms with E-state index in [4.69, 9.17) is 0 Å². The summed E-state index contributed by atoms with van der Waals surface area (Å²) in [6.07, 6.45) is 6.56. The zero-order valence-electron chi connectivity index (χ0n) is 11.7. The van der Waals surface area contributed by atoms with Gasteiger partial charge < -0.3 is 0 Å². The van der Waals surface area contributed by atoms with Crippen molar-refractivity contribution in [3.63, 3.8) is 0 Å². The molecule has 3 N–H and O–H groups in total. The van der Waals surface area contributed by atoms with Crippen LogP contribution in [0.5, 0.6) is 0 Å². The highest BCUT2D eigenvalue weighted by Crippen LogP contribution is 2.30. The second kappa shape index (κ2) is 11.2. The maximum Gasteiger partial charge on any atom is 0.279 e. The molecule has 0 amide bonds. The average Bonchev–Trinajstić information content (AvgIpc) is 2.30. The van der Waals surface area contributed by atoms with Crippen molar-refractivity contribution in [3.8, 4) is 0 Å². The van der Waals surface area contributed by atoms with Crippen LogP contribution in [0.4, 0.5) is 0 Å². The second-order valence-electron chi connectivity index (χ2n) is 4.39. The van der Waals surface area contributed by atoms with Crippen LogP contribution in [0.3, 0.4) is 0 Å². The molecule has 0 aliphatic heterocycles. The summed E-state index contributed by atoms with van der Waals surface area (Å²) in [7, 11) is -2.56. The molecule has 104 valence electrons. The van der Waals surface area contributed by atoms with Crippen LogP contribution in [0.15, 0.2) is 0 Å². The van der Waals surface area contributed by atoms with E-state index in [2.05, 4.69) is 36.0 Å². The highest BCUT2D eigenvalue weighted by molar-refractivity contribution is 7.57. The molecule has 4 nitrogen and oxygen atoms in total. The molecular weight excluding hydrogens is 233 g/mol. The molecule has 0 spiro atoms. The van der Waals surface area contributed by atoms with E-state index in [-0.39, 0.29) is 0 Å². The molecule has 0 unspecified atom stereocenters. The topological polar surface area (TPSA) is 53.2 Å². The van der Waals surface area contributed by atoms with E-state index >= 15 is 0 Å². The van der Waals surface area contributed by atoms with Crippen LogP contribution in [-0.4, -0.2) is 19.6 Å². The Bertz CT molecular complexity index is 179. The molecular formula is C12H30N3OP. The van der Waals surface area contributed by atoms with Gasteiger partial charge in [-0.3, -0.25) is 4.57 Å². The van der Waals surface area contributed by atoms with Gasteiger partial charge in [-0.2, -0.15) is 0 Å². The van der Waals surface area contributed by atoms with Gasteiger partial charge in [-0.25, -0.2) is 15.3 Å². The van der Waals surface area contributed by atoms with E-state index in [0.29, 0.717) is 0 Å². The predicted octanol–water partition coefficient (Wildman–Crippen LogP) is 3.26. The first-order valence-electron chi connectivity index (χ1n) is 7.04. The van der Waals surface area contributed by atoms with E-state index in [0.717, 1.165) is 58.2 Å². The Labute approximate surface area is 107 Å². The Morgan fingerprint density at radius 3 is 1.24 bits per heavy atom. The molecule has 0 aliphatic carbocycles. The molecule has 0 rings (SSSR count). The van der Waals surface area contributed by atoms with Crippen LogP contribution in [0.1, 0.15) is 59.3 Å². The van der Waals surface area contributed by atoms with Crippen LogP contribution in [-0.2, 0) is 4.57 Å². The Balaban J connectivity index is 4.00. The summed E-state index contributed by atoms with van der Waals surface area (Å²) in [5, 5.41) is 9.44. The normalized spacial score (nSPS) is 11.9. The number of rotatable bonds is 12. The number of nitrogens with one attached hydrogen (secondary N) is 3. The molecule has 0 aliphatic rings. The minimum atomic E-state index is -2.56. The lowest BCUT2D eigenvalue weighted by molar-refractivity contribution is 0.533. The first kappa shape index (κ1) is 17.1. The van der Waals surface area contributed by atoms with Gasteiger partial charge in [0.05, 0.1) is 0 Å². The minimum Gasteiger partial charge on any atom is -0.271 e. The summed E-state index contributed by atoms with van der Waals surface area (Å²) in [4.78, 5) is 0. The number of unbranched alkanes of at least 4 members (excludes halogenated alkanes) is 3. The summed E-state index contributed by atoms with van der Waals surface area (Å²) < 4.78 is 12.5. The van der Waals surface area contributed by atoms with Crippen LogP contribution in [0.2, 0.25) is 0 Å². The van der Waals surface area contributed by atoms with Crippen molar-refractivity contribution < 1.29 is 4.57 Å². The van der Waals surface area contributed by atoms with Gasteiger partial charge in [0, 0.05) is 19.6 Å². The maximum atomic E-state index is 12.5. The molecule has 0 saturated heterocycles. The van der Waals surface area contributed by atoms with Gasteiger partial charge >= 0.3 is 0 Å². The van der Waals surface area contributed by atoms with E-state index in [1.54, 1.807) is 0 Å². The maximum absolute atomic E-state index is 12.5. The fourth-order valence-electron chi connectivity index (χ4n) is 1.41. The molecule has 0 radical (unpaired) electrons. The Morgan fingerprint density at radius 2 is 1.00 bits per heavy atom. The summed E-state index contributed by atoms with van der Waals surface area (Å²) in [5.41, 5.74) is 0. The largest absolute Gasteiger partial charge is 0.279 e. The SMILES string of the molecule is CCCCNP(=O)(NCCCC)NCCCC. The summed E-state index contributed by atoms with van der Waals surface area (Å²) in [6.45, 7) is 8.86. The van der Waals surface area contributed by atoms with Gasteiger partial charge in [0.1, 0.15) is 0 Å². The average molecular weight is 263 g/mol. The second-order valence-corrected chi connectivity index (χ2v) is 6.56. The molecule has 0 aromatic heterocycles. The lowest BCUT2D eigenvalue weighted by atomic mass is 10.3. The van der Waals surface area contributed by atoms with Crippen LogP contribution in [0.25, 0.3) is 0 Å². The van der Waals surface area contributed by atoms with E-state index in [1.807, 2.05) is 0 Å². The monoisotopic (exact) mass is 263 g/mol. The quantitative estimate of drug-likeness (QED) is 0.374. The fraction of sp³-hybridized carbons (Fsp3) is 1.00. The molecule has 0 atom stereocenters. The van der Waals surface area contributed by atoms with Crippen LogP contribution < -0.4 is 15.3 Å². The van der Waals surface area contributed by atoms with Crippen LogP contribution in [0, 0.1) is 0 Å². The van der Waals surface area contributed by atoms with Crippen molar-refractivity contribution >= 4 is 7.59 Å². The Hall–Kier alpha value is 0.110. The standard InChI is InChI=1S/C12H30N3OP/c1-4-7-10-13-17(16,14-11-8-5-2)15-12-9-6-3/h4-12H2,1-3H3,(H3,13,14,15,16).